The SMILES string of the molecule is C[C@@H](O)CN1CCC(CN(C)Cc2nnc(C3CC3)o2)CC1. The Hall–Kier alpha value is -0.980. The van der Waals surface area contributed by atoms with Crippen molar-refractivity contribution in [3.05, 3.63) is 11.8 Å². The van der Waals surface area contributed by atoms with Crippen LogP contribution in [0, 0.1) is 5.92 Å². The molecule has 0 spiro atoms. The predicted molar refractivity (Wildman–Crippen MR) is 83.5 cm³/mol. The van der Waals surface area contributed by atoms with E-state index >= 15 is 0 Å². The molecule has 22 heavy (non-hydrogen) atoms. The monoisotopic (exact) mass is 308 g/mol. The summed E-state index contributed by atoms with van der Waals surface area (Å²) in [7, 11) is 2.13. The number of nitrogens with zero attached hydrogens (tertiary/aromatic N) is 4. The molecule has 3 rings (SSSR count). The summed E-state index contributed by atoms with van der Waals surface area (Å²) in [6.45, 7) is 6.66. The Morgan fingerprint density at radius 2 is 2.00 bits per heavy atom. The van der Waals surface area contributed by atoms with Gasteiger partial charge in [0.05, 0.1) is 12.6 Å². The van der Waals surface area contributed by atoms with Crippen LogP contribution >= 0.6 is 0 Å². The molecule has 0 bridgehead atoms. The van der Waals surface area contributed by atoms with Crippen molar-refractivity contribution in [1.82, 2.24) is 20.0 Å². The highest BCUT2D eigenvalue weighted by atomic mass is 16.4. The van der Waals surface area contributed by atoms with Gasteiger partial charge in [0.25, 0.3) is 0 Å². The summed E-state index contributed by atoms with van der Waals surface area (Å²) in [6.07, 6.45) is 4.57. The van der Waals surface area contributed by atoms with Gasteiger partial charge in [-0.25, -0.2) is 0 Å². The van der Waals surface area contributed by atoms with E-state index in [1.807, 2.05) is 6.92 Å². The van der Waals surface area contributed by atoms with Crippen molar-refractivity contribution in [3.8, 4) is 0 Å². The summed E-state index contributed by atoms with van der Waals surface area (Å²) in [5, 5.41) is 17.8. The quantitative estimate of drug-likeness (QED) is 0.823. The maximum absolute atomic E-state index is 9.45. The highest BCUT2D eigenvalue weighted by Gasteiger charge is 2.29. The van der Waals surface area contributed by atoms with Gasteiger partial charge >= 0.3 is 0 Å². The fraction of sp³-hybridized carbons (Fsp3) is 0.875. The third kappa shape index (κ3) is 4.51. The number of hydrogen-bond donors (Lipinski definition) is 1. The van der Waals surface area contributed by atoms with Gasteiger partial charge in [-0.15, -0.1) is 10.2 Å². The molecule has 1 saturated heterocycles. The summed E-state index contributed by atoms with van der Waals surface area (Å²) >= 11 is 0. The Kier molecular flexibility index (Phi) is 5.10. The van der Waals surface area contributed by atoms with Gasteiger partial charge in [-0.1, -0.05) is 0 Å². The zero-order valence-corrected chi connectivity index (χ0v) is 13.7. The van der Waals surface area contributed by atoms with Crippen LogP contribution in [-0.4, -0.2) is 64.4 Å². The molecule has 0 aromatic carbocycles. The van der Waals surface area contributed by atoms with E-state index in [4.69, 9.17) is 4.42 Å². The lowest BCUT2D eigenvalue weighted by molar-refractivity contribution is 0.0910. The number of piperidine rings is 1. The van der Waals surface area contributed by atoms with Gasteiger partial charge in [0.2, 0.25) is 11.8 Å². The van der Waals surface area contributed by atoms with Gasteiger partial charge in [0.1, 0.15) is 0 Å². The minimum atomic E-state index is -0.225. The first-order valence-electron chi connectivity index (χ1n) is 8.51. The molecule has 1 aliphatic carbocycles. The number of aliphatic hydroxyl groups excluding tert-OH is 1. The van der Waals surface area contributed by atoms with Crippen LogP contribution in [0.1, 0.15) is 50.3 Å². The first kappa shape index (κ1) is 15.9. The molecular weight excluding hydrogens is 280 g/mol. The Morgan fingerprint density at radius 1 is 1.27 bits per heavy atom. The highest BCUT2D eigenvalue weighted by Crippen LogP contribution is 2.39. The number of aliphatic hydroxyl groups is 1. The van der Waals surface area contributed by atoms with Gasteiger partial charge in [0, 0.05) is 19.0 Å². The molecule has 0 radical (unpaired) electrons. The van der Waals surface area contributed by atoms with Gasteiger partial charge in [-0.2, -0.15) is 0 Å². The Bertz CT molecular complexity index is 464. The topological polar surface area (TPSA) is 65.6 Å². The van der Waals surface area contributed by atoms with Crippen LogP contribution in [0.15, 0.2) is 4.42 Å². The molecule has 1 N–H and O–H groups in total. The minimum absolute atomic E-state index is 0.225. The van der Waals surface area contributed by atoms with Gasteiger partial charge < -0.3 is 14.4 Å². The predicted octanol–water partition coefficient (Wildman–Crippen LogP) is 1.47. The van der Waals surface area contributed by atoms with Crippen LogP contribution < -0.4 is 0 Å². The second-order valence-corrected chi connectivity index (χ2v) is 7.10. The lowest BCUT2D eigenvalue weighted by Gasteiger charge is -2.34. The van der Waals surface area contributed by atoms with Crippen molar-refractivity contribution >= 4 is 0 Å². The Labute approximate surface area is 132 Å². The maximum Gasteiger partial charge on any atom is 0.230 e. The third-order valence-electron chi connectivity index (χ3n) is 4.61. The van der Waals surface area contributed by atoms with Gasteiger partial charge in [0.15, 0.2) is 0 Å². The van der Waals surface area contributed by atoms with E-state index in [2.05, 4.69) is 27.0 Å². The summed E-state index contributed by atoms with van der Waals surface area (Å²) in [4.78, 5) is 4.65. The van der Waals surface area contributed by atoms with Crippen molar-refractivity contribution in [2.75, 3.05) is 33.2 Å². The van der Waals surface area contributed by atoms with Crippen molar-refractivity contribution in [1.29, 1.82) is 0 Å². The smallest absolute Gasteiger partial charge is 0.230 e. The average molecular weight is 308 g/mol. The van der Waals surface area contributed by atoms with E-state index in [0.29, 0.717) is 5.92 Å². The number of rotatable bonds is 7. The molecule has 1 aliphatic heterocycles. The molecule has 1 saturated carbocycles. The van der Waals surface area contributed by atoms with Crippen LogP contribution in [0.3, 0.4) is 0 Å². The standard InChI is InChI=1S/C16H28N4O2/c1-12(21)9-20-7-5-13(6-8-20)10-19(2)11-15-17-18-16(22-15)14-3-4-14/h12-14,21H,3-11H2,1-2H3/t12-/m1/s1. The average Bonchev–Trinajstić information content (AvgIpc) is 3.21. The van der Waals surface area contributed by atoms with Gasteiger partial charge in [-0.3, -0.25) is 4.90 Å². The largest absolute Gasteiger partial charge is 0.424 e. The summed E-state index contributed by atoms with van der Waals surface area (Å²) in [5.74, 6) is 2.83. The fourth-order valence-corrected chi connectivity index (χ4v) is 3.29. The van der Waals surface area contributed by atoms with Crippen molar-refractivity contribution in [3.63, 3.8) is 0 Å². The number of likely N-dealkylation sites (tertiary alicyclic amines) is 1. The van der Waals surface area contributed by atoms with Crippen LogP contribution in [0.4, 0.5) is 0 Å². The van der Waals surface area contributed by atoms with E-state index < -0.39 is 0 Å². The van der Waals surface area contributed by atoms with Crippen LogP contribution in [0.25, 0.3) is 0 Å². The first-order chi connectivity index (χ1) is 10.6. The van der Waals surface area contributed by atoms with Crippen molar-refractivity contribution in [2.24, 2.45) is 5.92 Å². The van der Waals surface area contributed by atoms with Crippen molar-refractivity contribution < 1.29 is 9.52 Å². The van der Waals surface area contributed by atoms with Crippen LogP contribution in [0.2, 0.25) is 0 Å². The van der Waals surface area contributed by atoms with E-state index in [0.717, 1.165) is 50.4 Å². The van der Waals surface area contributed by atoms with Crippen LogP contribution in [0.5, 0.6) is 0 Å². The van der Waals surface area contributed by atoms with E-state index in [1.54, 1.807) is 0 Å². The van der Waals surface area contributed by atoms with Gasteiger partial charge in [-0.05, 0) is 58.7 Å². The zero-order valence-electron chi connectivity index (χ0n) is 13.7. The Balaban J connectivity index is 1.39. The van der Waals surface area contributed by atoms with Crippen molar-refractivity contribution in [2.45, 2.75) is 51.2 Å². The molecule has 1 aromatic heterocycles. The molecule has 0 amide bonds. The zero-order chi connectivity index (χ0) is 15.5. The maximum atomic E-state index is 9.45. The second-order valence-electron chi connectivity index (χ2n) is 7.10. The lowest BCUT2D eigenvalue weighted by Crippen LogP contribution is -2.40. The molecule has 2 heterocycles. The molecule has 124 valence electrons. The lowest BCUT2D eigenvalue weighted by atomic mass is 9.96. The molecule has 2 fully saturated rings. The van der Waals surface area contributed by atoms with E-state index in [1.165, 1.54) is 25.7 Å². The molecular formula is C16H28N4O2. The normalized spacial score (nSPS) is 22.4. The molecule has 2 aliphatic rings. The summed E-state index contributed by atoms with van der Waals surface area (Å²) in [5.41, 5.74) is 0. The molecule has 1 atom stereocenters. The Morgan fingerprint density at radius 3 is 2.64 bits per heavy atom. The molecule has 6 heteroatoms. The summed E-state index contributed by atoms with van der Waals surface area (Å²) < 4.78 is 5.73. The van der Waals surface area contributed by atoms with E-state index in [9.17, 15) is 5.11 Å². The summed E-state index contributed by atoms with van der Waals surface area (Å²) in [6, 6.07) is 0. The number of hydrogen-bond acceptors (Lipinski definition) is 6. The van der Waals surface area contributed by atoms with E-state index in [-0.39, 0.29) is 6.10 Å². The van der Waals surface area contributed by atoms with Crippen LogP contribution in [-0.2, 0) is 6.54 Å². The third-order valence-corrected chi connectivity index (χ3v) is 4.61. The highest BCUT2D eigenvalue weighted by molar-refractivity contribution is 5.00. The second kappa shape index (κ2) is 7.06. The molecule has 6 nitrogen and oxygen atoms in total. The molecule has 1 aromatic rings. The fourth-order valence-electron chi connectivity index (χ4n) is 3.29. The first-order valence-corrected chi connectivity index (χ1v) is 8.51. The number of aromatic nitrogens is 2. The minimum Gasteiger partial charge on any atom is -0.424 e. The molecule has 0 unspecified atom stereocenters. The number of β-amino-alcohol motifs (C(OH)–C–C–N with tert-alkyl or cyclic N) is 1.